The number of halogens is 3. The number of rotatable bonds is 4. The molecule has 0 aliphatic rings. The van der Waals surface area contributed by atoms with Crippen LogP contribution in [0.1, 0.15) is 24.2 Å². The highest BCUT2D eigenvalue weighted by molar-refractivity contribution is 9.10. The van der Waals surface area contributed by atoms with E-state index in [1.165, 1.54) is 6.07 Å². The molecule has 0 bridgehead atoms. The summed E-state index contributed by atoms with van der Waals surface area (Å²) in [5.41, 5.74) is 0.815. The molecule has 0 fully saturated rings. The Hall–Kier alpha value is -0.910. The van der Waals surface area contributed by atoms with Crippen LogP contribution in [0.15, 0.2) is 45.3 Å². The molecule has 0 aliphatic heterocycles. The van der Waals surface area contributed by atoms with Crippen LogP contribution < -0.4 is 4.74 Å². The van der Waals surface area contributed by atoms with Gasteiger partial charge in [-0.3, -0.25) is 0 Å². The first-order valence-corrected chi connectivity index (χ1v) is 7.66. The molecule has 0 spiro atoms. The summed E-state index contributed by atoms with van der Waals surface area (Å²) < 4.78 is 20.6. The second-order valence-electron chi connectivity index (χ2n) is 4.18. The number of aliphatic hydroxyl groups is 1. The summed E-state index contributed by atoms with van der Waals surface area (Å²) >= 11 is 6.66. The van der Waals surface area contributed by atoms with E-state index in [1.807, 2.05) is 6.92 Å². The Kier molecular flexibility index (Phi) is 5.18. The standard InChI is InChI=1S/C15H13Br2FO2/c1-2-20-10-4-5-11(13(17)8-10)15(19)12-7-9(16)3-6-14(12)18/h3-8,15,19H,2H2,1H3. The van der Waals surface area contributed by atoms with Crippen LogP contribution in [0.3, 0.4) is 0 Å². The van der Waals surface area contributed by atoms with Crippen molar-refractivity contribution in [2.45, 2.75) is 13.0 Å². The molecule has 2 aromatic rings. The topological polar surface area (TPSA) is 29.5 Å². The van der Waals surface area contributed by atoms with Crippen molar-refractivity contribution >= 4 is 31.9 Å². The summed E-state index contributed by atoms with van der Waals surface area (Å²) in [6.45, 7) is 2.46. The van der Waals surface area contributed by atoms with Gasteiger partial charge in [-0.25, -0.2) is 4.39 Å². The summed E-state index contributed by atoms with van der Waals surface area (Å²) in [6, 6.07) is 9.73. The van der Waals surface area contributed by atoms with Crippen LogP contribution in [0.2, 0.25) is 0 Å². The molecule has 1 unspecified atom stereocenters. The molecule has 5 heteroatoms. The van der Waals surface area contributed by atoms with Crippen LogP contribution in [0.4, 0.5) is 4.39 Å². The van der Waals surface area contributed by atoms with Crippen molar-refractivity contribution in [3.05, 3.63) is 62.3 Å². The number of hydrogen-bond donors (Lipinski definition) is 1. The molecule has 0 aliphatic carbocycles. The van der Waals surface area contributed by atoms with Gasteiger partial charge in [0.1, 0.15) is 17.7 Å². The van der Waals surface area contributed by atoms with Gasteiger partial charge in [0.15, 0.2) is 0 Å². The zero-order valence-corrected chi connectivity index (χ0v) is 13.9. The van der Waals surface area contributed by atoms with E-state index < -0.39 is 11.9 Å². The predicted molar refractivity (Wildman–Crippen MR) is 83.5 cm³/mol. The number of benzene rings is 2. The molecule has 0 aromatic heterocycles. The van der Waals surface area contributed by atoms with Gasteiger partial charge >= 0.3 is 0 Å². The van der Waals surface area contributed by atoms with E-state index in [2.05, 4.69) is 31.9 Å². The second kappa shape index (κ2) is 6.70. The first-order chi connectivity index (χ1) is 9.52. The van der Waals surface area contributed by atoms with E-state index in [-0.39, 0.29) is 5.56 Å². The molecule has 0 amide bonds. The van der Waals surface area contributed by atoms with Crippen LogP contribution in [-0.4, -0.2) is 11.7 Å². The predicted octanol–water partition coefficient (Wildman–Crippen LogP) is 4.83. The smallest absolute Gasteiger partial charge is 0.129 e. The maximum Gasteiger partial charge on any atom is 0.129 e. The van der Waals surface area contributed by atoms with E-state index >= 15 is 0 Å². The highest BCUT2D eigenvalue weighted by Crippen LogP contribution is 2.33. The fraction of sp³-hybridized carbons (Fsp3) is 0.200. The third-order valence-corrected chi connectivity index (χ3v) is 4.01. The zero-order valence-electron chi connectivity index (χ0n) is 10.7. The Morgan fingerprint density at radius 1 is 1.15 bits per heavy atom. The lowest BCUT2D eigenvalue weighted by Gasteiger charge is -2.15. The summed E-state index contributed by atoms with van der Waals surface area (Å²) in [7, 11) is 0. The molecule has 2 rings (SSSR count). The average Bonchev–Trinajstić information content (AvgIpc) is 2.41. The first-order valence-electron chi connectivity index (χ1n) is 6.08. The first kappa shape index (κ1) is 15.5. The molecule has 0 radical (unpaired) electrons. The van der Waals surface area contributed by atoms with Crippen LogP contribution in [0.5, 0.6) is 5.75 Å². The maximum atomic E-state index is 13.8. The van der Waals surface area contributed by atoms with E-state index in [9.17, 15) is 9.50 Å². The average molecular weight is 404 g/mol. The van der Waals surface area contributed by atoms with Crippen molar-refractivity contribution in [3.8, 4) is 5.75 Å². The minimum atomic E-state index is -1.04. The molecular weight excluding hydrogens is 391 g/mol. The van der Waals surface area contributed by atoms with Crippen molar-refractivity contribution in [2.24, 2.45) is 0 Å². The van der Waals surface area contributed by atoms with Gasteiger partial charge in [0.05, 0.1) is 6.61 Å². The van der Waals surface area contributed by atoms with Gasteiger partial charge in [0.2, 0.25) is 0 Å². The van der Waals surface area contributed by atoms with Gasteiger partial charge in [-0.1, -0.05) is 37.9 Å². The Labute approximate surface area is 133 Å². The van der Waals surface area contributed by atoms with Crippen LogP contribution in [-0.2, 0) is 0 Å². The van der Waals surface area contributed by atoms with Crippen molar-refractivity contribution < 1.29 is 14.2 Å². The zero-order chi connectivity index (χ0) is 14.7. The lowest BCUT2D eigenvalue weighted by molar-refractivity contribution is 0.214. The van der Waals surface area contributed by atoms with Gasteiger partial charge in [-0.2, -0.15) is 0 Å². The van der Waals surface area contributed by atoms with Crippen LogP contribution in [0, 0.1) is 5.82 Å². The Morgan fingerprint density at radius 3 is 2.55 bits per heavy atom. The molecule has 20 heavy (non-hydrogen) atoms. The molecule has 2 nitrogen and oxygen atoms in total. The van der Waals surface area contributed by atoms with E-state index in [1.54, 1.807) is 30.3 Å². The highest BCUT2D eigenvalue weighted by Gasteiger charge is 2.18. The molecule has 1 atom stereocenters. The molecule has 2 aromatic carbocycles. The third-order valence-electron chi connectivity index (χ3n) is 2.83. The normalized spacial score (nSPS) is 12.2. The monoisotopic (exact) mass is 402 g/mol. The summed E-state index contributed by atoms with van der Waals surface area (Å²) in [6.07, 6.45) is -1.04. The Morgan fingerprint density at radius 2 is 1.90 bits per heavy atom. The second-order valence-corrected chi connectivity index (χ2v) is 5.95. The van der Waals surface area contributed by atoms with E-state index in [0.29, 0.717) is 22.4 Å². The van der Waals surface area contributed by atoms with Gasteiger partial charge < -0.3 is 9.84 Å². The minimum absolute atomic E-state index is 0.226. The van der Waals surface area contributed by atoms with Gasteiger partial charge in [0, 0.05) is 14.5 Å². The molecule has 0 heterocycles. The fourth-order valence-electron chi connectivity index (χ4n) is 1.88. The van der Waals surface area contributed by atoms with Crippen molar-refractivity contribution in [2.75, 3.05) is 6.61 Å². The van der Waals surface area contributed by atoms with Crippen molar-refractivity contribution in [1.29, 1.82) is 0 Å². The lowest BCUT2D eigenvalue weighted by atomic mass is 10.0. The summed E-state index contributed by atoms with van der Waals surface area (Å²) in [5.74, 6) is 0.256. The number of ether oxygens (including phenoxy) is 1. The number of aliphatic hydroxyl groups excluding tert-OH is 1. The largest absolute Gasteiger partial charge is 0.494 e. The minimum Gasteiger partial charge on any atom is -0.494 e. The quantitative estimate of drug-likeness (QED) is 0.791. The summed E-state index contributed by atoms with van der Waals surface area (Å²) in [4.78, 5) is 0. The van der Waals surface area contributed by atoms with Gasteiger partial charge in [0.25, 0.3) is 0 Å². The van der Waals surface area contributed by atoms with Gasteiger partial charge in [-0.05, 0) is 42.8 Å². The SMILES string of the molecule is CCOc1ccc(C(O)c2cc(Br)ccc2F)c(Br)c1. The van der Waals surface area contributed by atoms with Crippen molar-refractivity contribution in [1.82, 2.24) is 0 Å². The number of hydrogen-bond acceptors (Lipinski definition) is 2. The maximum absolute atomic E-state index is 13.8. The molecule has 1 N–H and O–H groups in total. The van der Waals surface area contributed by atoms with E-state index in [4.69, 9.17) is 4.74 Å². The molecular formula is C15H13Br2FO2. The third kappa shape index (κ3) is 3.40. The van der Waals surface area contributed by atoms with Crippen molar-refractivity contribution in [3.63, 3.8) is 0 Å². The van der Waals surface area contributed by atoms with Crippen LogP contribution in [0.25, 0.3) is 0 Å². The highest BCUT2D eigenvalue weighted by atomic mass is 79.9. The van der Waals surface area contributed by atoms with Gasteiger partial charge in [-0.15, -0.1) is 0 Å². The molecule has 0 saturated carbocycles. The fourth-order valence-corrected chi connectivity index (χ4v) is 2.83. The molecule has 0 saturated heterocycles. The summed E-state index contributed by atoms with van der Waals surface area (Å²) in [5, 5.41) is 10.4. The van der Waals surface area contributed by atoms with E-state index in [0.717, 1.165) is 4.47 Å². The Balaban J connectivity index is 2.38. The lowest BCUT2D eigenvalue weighted by Crippen LogP contribution is -2.04. The molecule has 106 valence electrons. The van der Waals surface area contributed by atoms with Crippen LogP contribution >= 0.6 is 31.9 Å². The Bertz CT molecular complexity index is 617.